The highest BCUT2D eigenvalue weighted by molar-refractivity contribution is 7.16. The van der Waals surface area contributed by atoms with Crippen molar-refractivity contribution in [2.75, 3.05) is 5.32 Å². The predicted octanol–water partition coefficient (Wildman–Crippen LogP) is 2.93. The third-order valence-electron chi connectivity index (χ3n) is 3.54. The molecule has 1 fully saturated rings. The van der Waals surface area contributed by atoms with Gasteiger partial charge in [-0.15, -0.1) is 23.7 Å². The molecule has 0 unspecified atom stereocenters. The molecule has 1 aromatic heterocycles. The molecule has 0 spiro atoms. The summed E-state index contributed by atoms with van der Waals surface area (Å²) in [4.78, 5) is 16.4. The highest BCUT2D eigenvalue weighted by Crippen LogP contribution is 2.29. The fourth-order valence-corrected chi connectivity index (χ4v) is 3.14. The van der Waals surface area contributed by atoms with Gasteiger partial charge in [0.1, 0.15) is 0 Å². The summed E-state index contributed by atoms with van der Waals surface area (Å²) >= 11 is 1.57. The number of benzene rings is 1. The van der Waals surface area contributed by atoms with Crippen molar-refractivity contribution >= 4 is 45.6 Å². The van der Waals surface area contributed by atoms with E-state index in [1.165, 1.54) is 0 Å². The first kappa shape index (κ1) is 14.2. The number of fused-ring (bicyclic) bond motifs is 1. The topological polar surface area (TPSA) is 68.0 Å². The number of rotatable bonds is 2. The zero-order valence-electron chi connectivity index (χ0n) is 10.4. The summed E-state index contributed by atoms with van der Waals surface area (Å²) < 4.78 is 1.07. The molecule has 4 nitrogen and oxygen atoms in total. The summed E-state index contributed by atoms with van der Waals surface area (Å²) in [5.74, 6) is -0.0659. The van der Waals surface area contributed by atoms with Crippen LogP contribution in [-0.4, -0.2) is 16.4 Å². The Bertz CT molecular complexity index is 592. The van der Waals surface area contributed by atoms with Crippen LogP contribution in [0, 0.1) is 0 Å². The molecule has 1 aromatic carbocycles. The second-order valence-corrected chi connectivity index (χ2v) is 5.74. The van der Waals surface area contributed by atoms with Crippen LogP contribution in [-0.2, 0) is 4.79 Å². The summed E-state index contributed by atoms with van der Waals surface area (Å²) in [6.07, 6.45) is 3.64. The number of carbonyl (C=O) groups excluding carboxylic acids is 1. The smallest absolute Gasteiger partial charge is 0.244 e. The van der Waals surface area contributed by atoms with Crippen molar-refractivity contribution in [1.82, 2.24) is 4.98 Å². The third-order valence-corrected chi connectivity index (χ3v) is 4.33. The van der Waals surface area contributed by atoms with E-state index >= 15 is 0 Å². The maximum absolute atomic E-state index is 12.2. The van der Waals surface area contributed by atoms with Crippen LogP contribution >= 0.6 is 23.7 Å². The second kappa shape index (κ2) is 5.45. The number of carbonyl (C=O) groups is 1. The molecule has 0 aliphatic heterocycles. The van der Waals surface area contributed by atoms with E-state index in [4.69, 9.17) is 5.73 Å². The van der Waals surface area contributed by atoms with Gasteiger partial charge in [-0.25, -0.2) is 4.98 Å². The van der Waals surface area contributed by atoms with E-state index in [1.54, 1.807) is 16.8 Å². The van der Waals surface area contributed by atoms with Gasteiger partial charge in [-0.3, -0.25) is 4.79 Å². The van der Waals surface area contributed by atoms with Gasteiger partial charge < -0.3 is 11.1 Å². The van der Waals surface area contributed by atoms with E-state index in [2.05, 4.69) is 10.3 Å². The molecule has 3 N–H and O–H groups in total. The lowest BCUT2D eigenvalue weighted by molar-refractivity contribution is -0.121. The fraction of sp³-hybridized carbons (Fsp3) is 0.385. The molecule has 1 heterocycles. The minimum absolute atomic E-state index is 0. The van der Waals surface area contributed by atoms with E-state index < -0.39 is 5.54 Å². The summed E-state index contributed by atoms with van der Waals surface area (Å²) in [6, 6.07) is 5.74. The van der Waals surface area contributed by atoms with Crippen molar-refractivity contribution in [1.29, 1.82) is 0 Å². The largest absolute Gasteiger partial charge is 0.324 e. The minimum Gasteiger partial charge on any atom is -0.324 e. The molecule has 0 saturated heterocycles. The van der Waals surface area contributed by atoms with Crippen LogP contribution in [0.15, 0.2) is 23.7 Å². The Labute approximate surface area is 121 Å². The summed E-state index contributed by atoms with van der Waals surface area (Å²) in [6.45, 7) is 0. The summed E-state index contributed by atoms with van der Waals surface area (Å²) in [7, 11) is 0. The summed E-state index contributed by atoms with van der Waals surface area (Å²) in [5, 5.41) is 2.92. The molecule has 0 bridgehead atoms. The van der Waals surface area contributed by atoms with Gasteiger partial charge in [0.2, 0.25) is 5.91 Å². The van der Waals surface area contributed by atoms with Crippen LogP contribution in [0.1, 0.15) is 25.7 Å². The number of hydrogen-bond acceptors (Lipinski definition) is 4. The predicted molar refractivity (Wildman–Crippen MR) is 80.9 cm³/mol. The quantitative estimate of drug-likeness (QED) is 0.895. The van der Waals surface area contributed by atoms with Crippen molar-refractivity contribution in [2.24, 2.45) is 5.73 Å². The van der Waals surface area contributed by atoms with Crippen molar-refractivity contribution in [3.8, 4) is 0 Å². The van der Waals surface area contributed by atoms with Crippen molar-refractivity contribution in [2.45, 2.75) is 31.2 Å². The first-order chi connectivity index (χ1) is 8.67. The molecular formula is C13H16ClN3OS. The van der Waals surface area contributed by atoms with Crippen LogP contribution in [0.4, 0.5) is 5.69 Å². The van der Waals surface area contributed by atoms with E-state index in [1.807, 2.05) is 18.2 Å². The molecule has 0 radical (unpaired) electrons. The first-order valence-corrected chi connectivity index (χ1v) is 6.99. The van der Waals surface area contributed by atoms with Gasteiger partial charge in [0.05, 0.1) is 21.3 Å². The zero-order valence-corrected chi connectivity index (χ0v) is 12.0. The van der Waals surface area contributed by atoms with Gasteiger partial charge in [0.25, 0.3) is 0 Å². The number of halogens is 1. The van der Waals surface area contributed by atoms with Gasteiger partial charge in [0.15, 0.2) is 0 Å². The van der Waals surface area contributed by atoms with Gasteiger partial charge >= 0.3 is 0 Å². The number of aromatic nitrogens is 1. The lowest BCUT2D eigenvalue weighted by Crippen LogP contribution is -2.48. The average Bonchev–Trinajstić information content (AvgIpc) is 2.98. The standard InChI is InChI=1S/C13H15N3OS.ClH/c14-13(5-1-2-6-13)12(17)16-9-3-4-10-11(7-9)18-8-15-10;/h3-4,7-8H,1-2,5-6,14H2,(H,16,17);1H. The maximum Gasteiger partial charge on any atom is 0.244 e. The molecule has 3 rings (SSSR count). The number of hydrogen-bond donors (Lipinski definition) is 2. The van der Waals surface area contributed by atoms with E-state index in [9.17, 15) is 4.79 Å². The van der Waals surface area contributed by atoms with E-state index in [0.717, 1.165) is 41.6 Å². The molecule has 2 aromatic rings. The molecule has 1 aliphatic rings. The van der Waals surface area contributed by atoms with Gasteiger partial charge in [-0.05, 0) is 31.0 Å². The molecule has 1 saturated carbocycles. The van der Waals surface area contributed by atoms with Crippen molar-refractivity contribution in [3.05, 3.63) is 23.7 Å². The fourth-order valence-electron chi connectivity index (χ4n) is 2.42. The summed E-state index contributed by atoms with van der Waals surface area (Å²) in [5.41, 5.74) is 9.01. The Morgan fingerprint density at radius 2 is 2.11 bits per heavy atom. The minimum atomic E-state index is -0.678. The number of nitrogens with two attached hydrogens (primary N) is 1. The average molecular weight is 298 g/mol. The van der Waals surface area contributed by atoms with Crippen LogP contribution in [0.3, 0.4) is 0 Å². The van der Waals surface area contributed by atoms with Crippen LogP contribution < -0.4 is 11.1 Å². The van der Waals surface area contributed by atoms with Crippen LogP contribution in [0.2, 0.25) is 0 Å². The Balaban J connectivity index is 0.00000133. The highest BCUT2D eigenvalue weighted by Gasteiger charge is 2.36. The van der Waals surface area contributed by atoms with Gasteiger partial charge in [-0.1, -0.05) is 12.8 Å². The molecule has 0 atom stereocenters. The Morgan fingerprint density at radius 3 is 2.84 bits per heavy atom. The molecule has 6 heteroatoms. The number of nitrogens with zero attached hydrogens (tertiary/aromatic N) is 1. The lowest BCUT2D eigenvalue weighted by atomic mass is 9.98. The molecular weight excluding hydrogens is 282 g/mol. The number of nitrogens with one attached hydrogen (secondary N) is 1. The normalized spacial score (nSPS) is 17.1. The number of anilines is 1. The molecule has 19 heavy (non-hydrogen) atoms. The van der Waals surface area contributed by atoms with Gasteiger partial charge in [0, 0.05) is 5.69 Å². The van der Waals surface area contributed by atoms with E-state index in [0.29, 0.717) is 0 Å². The highest BCUT2D eigenvalue weighted by atomic mass is 35.5. The number of amides is 1. The molecule has 1 amide bonds. The third kappa shape index (κ3) is 2.73. The maximum atomic E-state index is 12.2. The monoisotopic (exact) mass is 297 g/mol. The van der Waals surface area contributed by atoms with Crippen molar-refractivity contribution < 1.29 is 4.79 Å². The SMILES string of the molecule is Cl.NC1(C(=O)Nc2ccc3ncsc3c2)CCCC1. The Morgan fingerprint density at radius 1 is 1.37 bits per heavy atom. The van der Waals surface area contributed by atoms with Crippen molar-refractivity contribution in [3.63, 3.8) is 0 Å². The second-order valence-electron chi connectivity index (χ2n) is 4.85. The van der Waals surface area contributed by atoms with E-state index in [-0.39, 0.29) is 18.3 Å². The lowest BCUT2D eigenvalue weighted by Gasteiger charge is -2.22. The number of thiazole rings is 1. The first-order valence-electron chi connectivity index (χ1n) is 6.11. The molecule has 102 valence electrons. The van der Waals surface area contributed by atoms with Crippen LogP contribution in [0.25, 0.3) is 10.2 Å². The zero-order chi connectivity index (χ0) is 12.6. The van der Waals surface area contributed by atoms with Gasteiger partial charge in [-0.2, -0.15) is 0 Å². The van der Waals surface area contributed by atoms with Crippen LogP contribution in [0.5, 0.6) is 0 Å². The Hall–Kier alpha value is -1.17. The molecule has 1 aliphatic carbocycles. The Kier molecular flexibility index (Phi) is 4.08.